The average Bonchev–Trinajstić information content (AvgIpc) is 3.32. The Morgan fingerprint density at radius 1 is 1.48 bits per heavy atom. The molecule has 1 saturated heterocycles. The van der Waals surface area contributed by atoms with E-state index in [0.29, 0.717) is 44.6 Å². The molecule has 1 aliphatic heterocycles. The van der Waals surface area contributed by atoms with Gasteiger partial charge in [0.25, 0.3) is 0 Å². The highest BCUT2D eigenvalue weighted by molar-refractivity contribution is 5.85. The second kappa shape index (κ2) is 6.29. The number of carbonyl (C=O) groups excluding carboxylic acids is 1. The quantitative estimate of drug-likeness (QED) is 0.770. The van der Waals surface area contributed by atoms with Crippen LogP contribution in [0, 0.1) is 5.41 Å². The van der Waals surface area contributed by atoms with Gasteiger partial charge in [-0.05, 0) is 18.9 Å². The van der Waals surface area contributed by atoms with Crippen molar-refractivity contribution < 1.29 is 14.6 Å². The van der Waals surface area contributed by atoms with Crippen LogP contribution in [-0.4, -0.2) is 71.9 Å². The average molecular weight is 321 g/mol. The number of nitrogens with two attached hydrogens (primary N) is 1. The molecule has 1 atom stereocenters. The number of carbonyl (C=O) groups is 1. The molecule has 2 fully saturated rings. The fourth-order valence-electron chi connectivity index (χ4n) is 3.05. The van der Waals surface area contributed by atoms with Crippen LogP contribution in [0.1, 0.15) is 12.8 Å². The molecule has 3 rings (SSSR count). The van der Waals surface area contributed by atoms with Gasteiger partial charge in [0, 0.05) is 39.5 Å². The number of rotatable bonds is 4. The predicted molar refractivity (Wildman–Crippen MR) is 84.8 cm³/mol. The topological polar surface area (TPSA) is 105 Å². The second-order valence-electron chi connectivity index (χ2n) is 6.35. The molecule has 8 heteroatoms. The van der Waals surface area contributed by atoms with Gasteiger partial charge in [0.05, 0.1) is 18.1 Å². The highest BCUT2D eigenvalue weighted by Gasteiger charge is 2.52. The summed E-state index contributed by atoms with van der Waals surface area (Å²) in [6.45, 7) is 2.24. The minimum atomic E-state index is -0.648. The molecule has 2 heterocycles. The fourth-order valence-corrected chi connectivity index (χ4v) is 3.05. The first kappa shape index (κ1) is 15.9. The first-order valence-corrected chi connectivity index (χ1v) is 7.84. The van der Waals surface area contributed by atoms with Gasteiger partial charge < -0.3 is 25.4 Å². The maximum Gasteiger partial charge on any atom is 0.231 e. The van der Waals surface area contributed by atoms with Gasteiger partial charge in [0.2, 0.25) is 11.9 Å². The number of nitrogen functional groups attached to an aromatic ring is 1. The van der Waals surface area contributed by atoms with E-state index in [1.807, 2.05) is 4.90 Å². The lowest BCUT2D eigenvalue weighted by Gasteiger charge is -2.26. The molecule has 1 aliphatic carbocycles. The third-order valence-corrected chi connectivity index (χ3v) is 4.46. The van der Waals surface area contributed by atoms with Crippen LogP contribution in [0.15, 0.2) is 12.3 Å². The molecule has 23 heavy (non-hydrogen) atoms. The third-order valence-electron chi connectivity index (χ3n) is 4.46. The number of aliphatic hydroxyl groups excluding tert-OH is 1. The lowest BCUT2D eigenvalue weighted by atomic mass is 10.1. The lowest BCUT2D eigenvalue weighted by Crippen LogP contribution is -2.43. The van der Waals surface area contributed by atoms with Crippen molar-refractivity contribution in [2.24, 2.45) is 5.41 Å². The van der Waals surface area contributed by atoms with Crippen LogP contribution in [-0.2, 0) is 9.53 Å². The predicted octanol–water partition coefficient (Wildman–Crippen LogP) is -0.505. The van der Waals surface area contributed by atoms with Gasteiger partial charge in [-0.15, -0.1) is 0 Å². The monoisotopic (exact) mass is 321 g/mol. The van der Waals surface area contributed by atoms with Gasteiger partial charge in [-0.2, -0.15) is 4.98 Å². The molecule has 1 amide bonds. The van der Waals surface area contributed by atoms with Gasteiger partial charge in [0.1, 0.15) is 5.82 Å². The molecule has 3 N–H and O–H groups in total. The minimum absolute atomic E-state index is 0.0775. The molecule has 0 radical (unpaired) electrons. The van der Waals surface area contributed by atoms with Crippen molar-refractivity contribution in [2.75, 3.05) is 50.5 Å². The molecule has 0 bridgehead atoms. The number of amides is 1. The van der Waals surface area contributed by atoms with Crippen LogP contribution < -0.4 is 10.6 Å². The Morgan fingerprint density at radius 2 is 2.26 bits per heavy atom. The van der Waals surface area contributed by atoms with E-state index in [1.54, 1.807) is 24.3 Å². The van der Waals surface area contributed by atoms with Crippen LogP contribution in [0.25, 0.3) is 0 Å². The molecule has 0 unspecified atom stereocenters. The second-order valence-corrected chi connectivity index (χ2v) is 6.35. The van der Waals surface area contributed by atoms with Crippen LogP contribution in [0.5, 0.6) is 0 Å². The Bertz CT molecular complexity index is 578. The van der Waals surface area contributed by atoms with Crippen molar-refractivity contribution >= 4 is 17.7 Å². The number of aliphatic hydroxyl groups is 1. The number of nitrogens with zero attached hydrogens (tertiary/aromatic N) is 4. The number of methoxy groups -OCH3 is 1. The van der Waals surface area contributed by atoms with Crippen molar-refractivity contribution in [3.05, 3.63) is 12.3 Å². The summed E-state index contributed by atoms with van der Waals surface area (Å²) in [4.78, 5) is 24.7. The van der Waals surface area contributed by atoms with Crippen LogP contribution in [0.3, 0.4) is 0 Å². The van der Waals surface area contributed by atoms with Crippen molar-refractivity contribution in [1.82, 2.24) is 14.9 Å². The van der Waals surface area contributed by atoms with E-state index >= 15 is 0 Å². The number of hydrogen-bond donors (Lipinski definition) is 2. The summed E-state index contributed by atoms with van der Waals surface area (Å²) in [5, 5.41) is 10.3. The fraction of sp³-hybridized carbons (Fsp3) is 0.667. The normalized spacial score (nSPS) is 23.5. The van der Waals surface area contributed by atoms with Crippen molar-refractivity contribution in [3.8, 4) is 0 Å². The zero-order valence-corrected chi connectivity index (χ0v) is 13.3. The summed E-state index contributed by atoms with van der Waals surface area (Å²) in [6.07, 6.45) is 2.66. The lowest BCUT2D eigenvalue weighted by molar-refractivity contribution is -0.139. The first-order chi connectivity index (χ1) is 11.0. The maximum absolute atomic E-state index is 12.7. The number of β-amino-alcohol motifs (C(OH)–C–C–N with tert-alkyl or cyclic N) is 1. The summed E-state index contributed by atoms with van der Waals surface area (Å²) in [5.41, 5.74) is 5.32. The van der Waals surface area contributed by atoms with Gasteiger partial charge in [0.15, 0.2) is 0 Å². The molecule has 8 nitrogen and oxygen atoms in total. The molecule has 0 spiro atoms. The molecular formula is C15H23N5O3. The van der Waals surface area contributed by atoms with E-state index in [-0.39, 0.29) is 11.3 Å². The molecule has 1 aromatic heterocycles. The van der Waals surface area contributed by atoms with E-state index in [2.05, 4.69) is 9.97 Å². The largest absolute Gasteiger partial charge is 0.389 e. The standard InChI is InChI=1S/C15H23N5O3/c1-23-10-15(3-4-15)13(22)19-6-7-20(9-11(21)8-19)14-17-5-2-12(16)18-14/h2,5,11,21H,3-4,6-10H2,1H3,(H2,16,17,18)/t11-/m0/s1. The number of hydrogen-bond acceptors (Lipinski definition) is 7. The zero-order chi connectivity index (χ0) is 16.4. The maximum atomic E-state index is 12.7. The summed E-state index contributed by atoms with van der Waals surface area (Å²) in [6, 6.07) is 1.62. The van der Waals surface area contributed by atoms with E-state index in [0.717, 1.165) is 12.8 Å². The van der Waals surface area contributed by atoms with E-state index in [1.165, 1.54) is 0 Å². The van der Waals surface area contributed by atoms with Crippen molar-refractivity contribution in [1.29, 1.82) is 0 Å². The van der Waals surface area contributed by atoms with Gasteiger partial charge in [-0.25, -0.2) is 4.98 Å². The summed E-state index contributed by atoms with van der Waals surface area (Å²) in [7, 11) is 1.61. The number of anilines is 2. The summed E-state index contributed by atoms with van der Waals surface area (Å²) in [5.74, 6) is 0.948. The Balaban J connectivity index is 1.70. The number of ether oxygens (including phenoxy) is 1. The van der Waals surface area contributed by atoms with Crippen molar-refractivity contribution in [2.45, 2.75) is 18.9 Å². The minimum Gasteiger partial charge on any atom is -0.389 e. The summed E-state index contributed by atoms with van der Waals surface area (Å²) >= 11 is 0. The van der Waals surface area contributed by atoms with Gasteiger partial charge in [-0.1, -0.05) is 0 Å². The first-order valence-electron chi connectivity index (χ1n) is 7.84. The highest BCUT2D eigenvalue weighted by Crippen LogP contribution is 2.47. The molecule has 2 aliphatic rings. The van der Waals surface area contributed by atoms with E-state index < -0.39 is 6.10 Å². The molecule has 126 valence electrons. The molecule has 1 saturated carbocycles. The number of aromatic nitrogens is 2. The highest BCUT2D eigenvalue weighted by atomic mass is 16.5. The van der Waals surface area contributed by atoms with Crippen LogP contribution in [0.4, 0.5) is 11.8 Å². The molecular weight excluding hydrogens is 298 g/mol. The Labute approximate surface area is 135 Å². The SMILES string of the molecule is COCC1(C(=O)N2CCN(c3nccc(N)n3)C[C@@H](O)C2)CC1. The van der Waals surface area contributed by atoms with E-state index in [9.17, 15) is 9.90 Å². The van der Waals surface area contributed by atoms with Crippen LogP contribution >= 0.6 is 0 Å². The van der Waals surface area contributed by atoms with Crippen LogP contribution in [0.2, 0.25) is 0 Å². The Kier molecular flexibility index (Phi) is 4.36. The van der Waals surface area contributed by atoms with Gasteiger partial charge >= 0.3 is 0 Å². The Morgan fingerprint density at radius 3 is 2.91 bits per heavy atom. The van der Waals surface area contributed by atoms with Crippen molar-refractivity contribution in [3.63, 3.8) is 0 Å². The third kappa shape index (κ3) is 3.37. The summed E-state index contributed by atoms with van der Waals surface area (Å²) < 4.78 is 5.19. The molecule has 1 aromatic rings. The van der Waals surface area contributed by atoms with E-state index in [4.69, 9.17) is 10.5 Å². The zero-order valence-electron chi connectivity index (χ0n) is 13.3. The molecule has 0 aromatic carbocycles. The Hall–Kier alpha value is -1.93. The van der Waals surface area contributed by atoms with Gasteiger partial charge in [-0.3, -0.25) is 4.79 Å². The smallest absolute Gasteiger partial charge is 0.231 e.